The number of hydrogen-bond donors (Lipinski definition) is 0. The Bertz CT molecular complexity index is 1190. The van der Waals surface area contributed by atoms with Crippen molar-refractivity contribution in [2.75, 3.05) is 0 Å². The summed E-state index contributed by atoms with van der Waals surface area (Å²) in [7, 11) is 0. The molecule has 0 amide bonds. The summed E-state index contributed by atoms with van der Waals surface area (Å²) in [6.45, 7) is 3.80. The first-order valence-electron chi connectivity index (χ1n) is 9.54. The van der Waals surface area contributed by atoms with Gasteiger partial charge in [-0.25, -0.2) is 13.9 Å². The van der Waals surface area contributed by atoms with E-state index >= 15 is 0 Å². The van der Waals surface area contributed by atoms with Gasteiger partial charge in [0.25, 0.3) is 5.78 Å². The smallest absolute Gasteiger partial charge is 0.307 e. The van der Waals surface area contributed by atoms with Gasteiger partial charge in [-0.15, -0.1) is 0 Å². The molecule has 0 aliphatic heterocycles. The molecular weight excluding hydrogens is 385 g/mol. The minimum Gasteiger partial charge on any atom is -0.451 e. The van der Waals surface area contributed by atoms with E-state index in [4.69, 9.17) is 4.74 Å². The summed E-state index contributed by atoms with van der Waals surface area (Å²) in [5, 5.41) is 4.17. The number of nitrogens with zero attached hydrogens (tertiary/aromatic N) is 5. The van der Waals surface area contributed by atoms with E-state index in [0.717, 1.165) is 17.0 Å². The van der Waals surface area contributed by atoms with Gasteiger partial charge in [0.05, 0.1) is 5.69 Å². The molecule has 30 heavy (non-hydrogen) atoms. The average Bonchev–Trinajstić information content (AvgIpc) is 3.21. The van der Waals surface area contributed by atoms with Gasteiger partial charge in [0, 0.05) is 29.6 Å². The van der Waals surface area contributed by atoms with Crippen molar-refractivity contribution in [3.05, 3.63) is 89.0 Å². The predicted molar refractivity (Wildman–Crippen MR) is 107 cm³/mol. The maximum Gasteiger partial charge on any atom is 0.307 e. The highest BCUT2D eigenvalue weighted by atomic mass is 19.1. The number of halogens is 1. The Morgan fingerprint density at radius 1 is 1.17 bits per heavy atom. The Morgan fingerprint density at radius 2 is 2.03 bits per heavy atom. The Morgan fingerprint density at radius 3 is 2.80 bits per heavy atom. The third kappa shape index (κ3) is 4.03. The van der Waals surface area contributed by atoms with Gasteiger partial charge < -0.3 is 4.74 Å². The lowest BCUT2D eigenvalue weighted by molar-refractivity contribution is -0.147. The first-order chi connectivity index (χ1) is 14.5. The monoisotopic (exact) mass is 405 g/mol. The molecule has 0 radical (unpaired) electrons. The van der Waals surface area contributed by atoms with Gasteiger partial charge in [-0.05, 0) is 50.1 Å². The van der Waals surface area contributed by atoms with E-state index < -0.39 is 17.9 Å². The maximum atomic E-state index is 13.8. The fraction of sp³-hybridized carbons (Fsp3) is 0.227. The summed E-state index contributed by atoms with van der Waals surface area (Å²) in [5.41, 5.74) is 3.67. The van der Waals surface area contributed by atoms with E-state index in [2.05, 4.69) is 20.1 Å². The summed E-state index contributed by atoms with van der Waals surface area (Å²) in [4.78, 5) is 25.5. The first kappa shape index (κ1) is 19.6. The summed E-state index contributed by atoms with van der Waals surface area (Å²) in [6.07, 6.45) is 2.86. The van der Waals surface area contributed by atoms with Crippen molar-refractivity contribution in [2.45, 2.75) is 32.8 Å². The molecule has 0 spiro atoms. The van der Waals surface area contributed by atoms with E-state index in [9.17, 15) is 9.18 Å². The number of ether oxygens (including phenoxy) is 1. The number of aromatic nitrogens is 5. The van der Waals surface area contributed by atoms with Crippen molar-refractivity contribution in [3.8, 4) is 0 Å². The van der Waals surface area contributed by atoms with E-state index in [1.807, 2.05) is 13.8 Å². The maximum absolute atomic E-state index is 13.8. The molecule has 1 aromatic carbocycles. The molecule has 0 N–H and O–H groups in total. The average molecular weight is 405 g/mol. The molecule has 4 aromatic rings. The van der Waals surface area contributed by atoms with E-state index in [0.29, 0.717) is 23.5 Å². The Balaban J connectivity index is 1.54. The number of fused-ring (bicyclic) bond motifs is 1. The zero-order valence-electron chi connectivity index (χ0n) is 16.6. The van der Waals surface area contributed by atoms with Crippen LogP contribution in [0, 0.1) is 19.7 Å². The minimum atomic E-state index is -0.785. The zero-order chi connectivity index (χ0) is 21.1. The highest BCUT2D eigenvalue weighted by molar-refractivity contribution is 5.70. The van der Waals surface area contributed by atoms with Crippen LogP contribution in [0.3, 0.4) is 0 Å². The molecule has 0 saturated carbocycles. The quantitative estimate of drug-likeness (QED) is 0.457. The lowest BCUT2D eigenvalue weighted by Crippen LogP contribution is -2.15. The van der Waals surface area contributed by atoms with Gasteiger partial charge in [0.1, 0.15) is 12.1 Å². The Hall–Kier alpha value is -3.68. The van der Waals surface area contributed by atoms with Crippen LogP contribution in [0.4, 0.5) is 4.39 Å². The van der Waals surface area contributed by atoms with Crippen LogP contribution in [0.2, 0.25) is 0 Å². The molecular formula is C22H20FN5O2. The number of carbonyl (C=O) groups excluding carboxylic acids is 1. The summed E-state index contributed by atoms with van der Waals surface area (Å²) in [6, 6.07) is 11.3. The molecule has 0 aliphatic rings. The number of pyridine rings is 1. The highest BCUT2D eigenvalue weighted by Crippen LogP contribution is 2.26. The summed E-state index contributed by atoms with van der Waals surface area (Å²) in [5.74, 6) is -0.284. The molecule has 1 atom stereocenters. The van der Waals surface area contributed by atoms with Gasteiger partial charge in [-0.1, -0.05) is 18.2 Å². The van der Waals surface area contributed by atoms with E-state index in [1.54, 1.807) is 41.0 Å². The minimum absolute atomic E-state index is 0.141. The molecule has 8 heteroatoms. The second-order valence-electron chi connectivity index (χ2n) is 6.91. The van der Waals surface area contributed by atoms with Crippen molar-refractivity contribution in [2.24, 2.45) is 0 Å². The summed E-state index contributed by atoms with van der Waals surface area (Å²) >= 11 is 0. The molecule has 0 aliphatic carbocycles. The molecule has 0 fully saturated rings. The van der Waals surface area contributed by atoms with Crippen LogP contribution < -0.4 is 0 Å². The number of rotatable bonds is 6. The van der Waals surface area contributed by atoms with Gasteiger partial charge in [0.2, 0.25) is 0 Å². The number of carbonyl (C=O) groups is 1. The predicted octanol–water partition coefficient (Wildman–Crippen LogP) is 3.54. The number of esters is 1. The van der Waals surface area contributed by atoms with Crippen molar-refractivity contribution in [1.29, 1.82) is 0 Å². The molecule has 3 aromatic heterocycles. The lowest BCUT2D eigenvalue weighted by atomic mass is 10.0. The number of benzene rings is 1. The van der Waals surface area contributed by atoms with Gasteiger partial charge in [-0.3, -0.25) is 9.78 Å². The van der Waals surface area contributed by atoms with Crippen molar-refractivity contribution < 1.29 is 13.9 Å². The summed E-state index contributed by atoms with van der Waals surface area (Å²) < 4.78 is 21.1. The van der Waals surface area contributed by atoms with Crippen LogP contribution in [-0.2, 0) is 16.0 Å². The van der Waals surface area contributed by atoms with Crippen LogP contribution in [0.1, 0.15) is 40.7 Å². The molecule has 152 valence electrons. The third-order valence-corrected chi connectivity index (χ3v) is 4.92. The molecule has 7 nitrogen and oxygen atoms in total. The van der Waals surface area contributed by atoms with Crippen molar-refractivity contribution in [1.82, 2.24) is 24.6 Å². The largest absolute Gasteiger partial charge is 0.451 e. The normalized spacial score (nSPS) is 12.1. The zero-order valence-corrected chi connectivity index (χ0v) is 16.6. The second-order valence-corrected chi connectivity index (χ2v) is 6.91. The SMILES string of the molecule is Cc1nc2ncnn2c(C)c1CCC(=O)OC(c1cccc(F)c1)c1ccccn1. The van der Waals surface area contributed by atoms with Crippen molar-refractivity contribution >= 4 is 11.7 Å². The lowest BCUT2D eigenvalue weighted by Gasteiger charge is -2.18. The van der Waals surface area contributed by atoms with Crippen LogP contribution in [-0.4, -0.2) is 30.5 Å². The van der Waals surface area contributed by atoms with Gasteiger partial charge in [-0.2, -0.15) is 10.1 Å². The molecule has 1 unspecified atom stereocenters. The fourth-order valence-electron chi connectivity index (χ4n) is 3.43. The van der Waals surface area contributed by atoms with Gasteiger partial charge >= 0.3 is 5.97 Å². The van der Waals surface area contributed by atoms with Crippen LogP contribution in [0.25, 0.3) is 5.78 Å². The standard InChI is InChI=1S/C22H20FN5O2/c1-14-18(15(2)28-22(27-14)25-13-26-28)9-10-20(29)30-21(19-8-3-4-11-24-19)16-6-5-7-17(23)12-16/h3-8,11-13,21H,9-10H2,1-2H3. The fourth-order valence-corrected chi connectivity index (χ4v) is 3.43. The highest BCUT2D eigenvalue weighted by Gasteiger charge is 2.21. The van der Waals surface area contributed by atoms with Crippen molar-refractivity contribution in [3.63, 3.8) is 0 Å². The molecule has 0 bridgehead atoms. The Kier molecular flexibility index (Phi) is 5.47. The molecule has 4 rings (SSSR count). The van der Waals surface area contributed by atoms with E-state index in [-0.39, 0.29) is 6.42 Å². The first-order valence-corrected chi connectivity index (χ1v) is 9.54. The van der Waals surface area contributed by atoms with Crippen LogP contribution in [0.15, 0.2) is 55.0 Å². The molecule has 0 saturated heterocycles. The second kappa shape index (κ2) is 8.36. The van der Waals surface area contributed by atoms with Gasteiger partial charge in [0.15, 0.2) is 6.10 Å². The topological polar surface area (TPSA) is 82.3 Å². The van der Waals surface area contributed by atoms with Crippen LogP contribution >= 0.6 is 0 Å². The molecule has 3 heterocycles. The number of hydrogen-bond acceptors (Lipinski definition) is 6. The van der Waals surface area contributed by atoms with E-state index in [1.165, 1.54) is 18.5 Å². The Labute approximate surface area is 172 Å². The number of aryl methyl sites for hydroxylation is 2. The third-order valence-electron chi connectivity index (χ3n) is 4.92. The van der Waals surface area contributed by atoms with Crippen LogP contribution in [0.5, 0.6) is 0 Å².